The molecule has 2 amide bonds. The Balaban J connectivity index is 0.755. The number of carbonyl (C=O) groups is 2. The van der Waals surface area contributed by atoms with Gasteiger partial charge in [0.15, 0.2) is 0 Å². The van der Waals surface area contributed by atoms with Crippen LogP contribution in [0.3, 0.4) is 0 Å². The maximum Gasteiger partial charge on any atom is 0.410 e. The first-order valence-electron chi connectivity index (χ1n) is 22.1. The monoisotopic (exact) mass is 841 g/mol. The van der Waals surface area contributed by atoms with Gasteiger partial charge in [0.1, 0.15) is 19.0 Å². The van der Waals surface area contributed by atoms with E-state index in [1.165, 1.54) is 0 Å². The summed E-state index contributed by atoms with van der Waals surface area (Å²) >= 11 is 0. The van der Waals surface area contributed by atoms with Crippen LogP contribution in [0.15, 0.2) is 126 Å². The summed E-state index contributed by atoms with van der Waals surface area (Å²) in [7, 11) is 0. The molecule has 63 heavy (non-hydrogen) atoms. The number of piperidine rings is 1. The standard InChI is InChI=1S/C52H45F2N5O4/c53-52(54)41-23-34(33-14-18-43-37(21-33)25-44(56-43)47-36-11-15-38(22-36)59(47)50(61)63-29-32-9-5-2-6-10-32)12-16-39(41)40-17-13-35(24-42(40)52)45-27-55-48(57-45)46-26-51(19-20-51)30-58(46)49(60)62-28-31-7-3-1-4-8-31/h1-10,12-14,16-18,21,23-24,27,36,38,46-47H,11,15,19-20,22,25-26,28-30H2,(H,55,57)/t36-,38+,46-,47?/m0/s1. The van der Waals surface area contributed by atoms with Crippen LogP contribution in [0.2, 0.25) is 0 Å². The minimum atomic E-state index is -3.23. The third kappa shape index (κ3) is 6.54. The summed E-state index contributed by atoms with van der Waals surface area (Å²) in [6.45, 7) is 1.03. The average molecular weight is 842 g/mol. The lowest BCUT2D eigenvalue weighted by molar-refractivity contribution is 0.0480. The van der Waals surface area contributed by atoms with Crippen molar-refractivity contribution in [1.82, 2.24) is 19.8 Å². The van der Waals surface area contributed by atoms with Crippen LogP contribution in [-0.4, -0.2) is 56.3 Å². The zero-order valence-corrected chi connectivity index (χ0v) is 34.6. The second-order valence-corrected chi connectivity index (χ2v) is 18.4. The van der Waals surface area contributed by atoms with Gasteiger partial charge in [0.2, 0.25) is 0 Å². The minimum Gasteiger partial charge on any atom is -0.445 e. The van der Waals surface area contributed by atoms with Crippen molar-refractivity contribution in [2.75, 3.05) is 6.54 Å². The fraction of sp³-hybridized carbons (Fsp3) is 0.308. The molecule has 1 aromatic heterocycles. The number of likely N-dealkylation sites (tertiary alicyclic amines) is 2. The Labute approximate surface area is 363 Å². The van der Waals surface area contributed by atoms with Crippen molar-refractivity contribution >= 4 is 23.6 Å². The van der Waals surface area contributed by atoms with Gasteiger partial charge in [-0.1, -0.05) is 91.0 Å². The number of amides is 2. The van der Waals surface area contributed by atoms with Gasteiger partial charge in [-0.3, -0.25) is 14.8 Å². The number of fused-ring (bicyclic) bond motifs is 6. The normalized spacial score (nSPS) is 22.8. The Hall–Kier alpha value is -6.62. The highest BCUT2D eigenvalue weighted by atomic mass is 19.3. The summed E-state index contributed by atoms with van der Waals surface area (Å²) in [4.78, 5) is 43.8. The highest BCUT2D eigenvalue weighted by molar-refractivity contribution is 6.00. The predicted molar refractivity (Wildman–Crippen MR) is 234 cm³/mol. The van der Waals surface area contributed by atoms with Crippen LogP contribution in [-0.2, 0) is 35.0 Å². The number of alkyl halides is 2. The molecule has 3 aliphatic heterocycles. The molecule has 11 heteroatoms. The first-order chi connectivity index (χ1) is 30.7. The third-order valence-electron chi connectivity index (χ3n) is 14.5. The van der Waals surface area contributed by atoms with Crippen LogP contribution in [0, 0.1) is 11.3 Å². The van der Waals surface area contributed by atoms with Gasteiger partial charge >= 0.3 is 12.2 Å². The van der Waals surface area contributed by atoms with Crippen molar-refractivity contribution in [3.05, 3.63) is 155 Å². The van der Waals surface area contributed by atoms with E-state index in [-0.39, 0.29) is 60.1 Å². The van der Waals surface area contributed by atoms with E-state index in [4.69, 9.17) is 19.5 Å². The van der Waals surface area contributed by atoms with Crippen LogP contribution in [0.25, 0.3) is 33.5 Å². The van der Waals surface area contributed by atoms with Gasteiger partial charge in [0, 0.05) is 41.4 Å². The zero-order chi connectivity index (χ0) is 42.5. The Morgan fingerprint density at radius 1 is 0.762 bits per heavy atom. The number of ether oxygens (including phenoxy) is 2. The number of carbonyl (C=O) groups excluding carboxylic acids is 2. The van der Waals surface area contributed by atoms with Gasteiger partial charge in [-0.05, 0) is 113 Å². The Bertz CT molecular complexity index is 2840. The summed E-state index contributed by atoms with van der Waals surface area (Å²) in [5.74, 6) is -2.25. The molecular formula is C52H45F2N5O4. The molecular weight excluding hydrogens is 797 g/mol. The predicted octanol–water partition coefficient (Wildman–Crippen LogP) is 11.5. The molecule has 1 N–H and O–H groups in total. The van der Waals surface area contributed by atoms with E-state index >= 15 is 8.78 Å². The lowest BCUT2D eigenvalue weighted by Gasteiger charge is -2.34. The van der Waals surface area contributed by atoms with Gasteiger partial charge in [-0.15, -0.1) is 0 Å². The lowest BCUT2D eigenvalue weighted by Crippen LogP contribution is -2.49. The van der Waals surface area contributed by atoms with E-state index < -0.39 is 5.92 Å². The maximum absolute atomic E-state index is 16.6. The van der Waals surface area contributed by atoms with E-state index in [1.807, 2.05) is 89.8 Å². The van der Waals surface area contributed by atoms with Crippen LogP contribution >= 0.6 is 0 Å². The molecule has 6 aromatic rings. The summed E-state index contributed by atoms with van der Waals surface area (Å²) in [5.41, 5.74) is 8.53. The summed E-state index contributed by atoms with van der Waals surface area (Å²) in [6, 6.07) is 35.6. The van der Waals surface area contributed by atoms with Crippen molar-refractivity contribution in [1.29, 1.82) is 0 Å². The summed E-state index contributed by atoms with van der Waals surface area (Å²) in [6.07, 6.45) is 7.48. The number of nitrogens with zero attached hydrogens (tertiary/aromatic N) is 4. The van der Waals surface area contributed by atoms with Crippen molar-refractivity contribution in [2.45, 2.75) is 82.2 Å². The number of H-pyrrole nitrogens is 1. The van der Waals surface area contributed by atoms with Crippen molar-refractivity contribution in [2.24, 2.45) is 16.3 Å². The molecule has 4 atom stereocenters. The molecule has 2 bridgehead atoms. The Morgan fingerprint density at radius 2 is 1.41 bits per heavy atom. The van der Waals surface area contributed by atoms with E-state index in [0.29, 0.717) is 52.7 Å². The molecule has 316 valence electrons. The Kier molecular flexibility index (Phi) is 8.75. The molecule has 2 saturated carbocycles. The number of hydrogen-bond acceptors (Lipinski definition) is 6. The topological polar surface area (TPSA) is 100 Å². The minimum absolute atomic E-state index is 0.0214. The number of imidazole rings is 1. The molecule has 12 rings (SSSR count). The Morgan fingerprint density at radius 3 is 2.13 bits per heavy atom. The number of aliphatic imine (C=N–C) groups is 1. The highest BCUT2D eigenvalue weighted by Crippen LogP contribution is 2.59. The molecule has 2 saturated heterocycles. The second-order valence-electron chi connectivity index (χ2n) is 18.4. The maximum atomic E-state index is 16.6. The lowest BCUT2D eigenvalue weighted by atomic mass is 9.91. The first-order valence-corrected chi connectivity index (χ1v) is 22.1. The number of hydrogen-bond donors (Lipinski definition) is 1. The van der Waals surface area contributed by atoms with Crippen molar-refractivity contribution < 1.29 is 27.8 Å². The number of aromatic amines is 1. The molecule has 9 nitrogen and oxygen atoms in total. The SMILES string of the molecule is O=C(OCc1ccccc1)N1CC2(CC2)C[C@H]1c1ncc(-c2ccc3c(c2)C(F)(F)c2cc(-c4ccc5c(c4)CC(C4[C@H]6CC[C@H](C6)N4C(=O)OCc4ccccc4)=N5)ccc2-3)[nH]1. The van der Waals surface area contributed by atoms with Gasteiger partial charge in [0.25, 0.3) is 5.92 Å². The molecule has 5 aromatic carbocycles. The smallest absolute Gasteiger partial charge is 0.410 e. The van der Waals surface area contributed by atoms with Crippen LogP contribution in [0.4, 0.5) is 24.1 Å². The molecule has 6 aliphatic rings. The molecule has 0 radical (unpaired) electrons. The van der Waals surface area contributed by atoms with Crippen molar-refractivity contribution in [3.8, 4) is 33.5 Å². The van der Waals surface area contributed by atoms with Crippen molar-refractivity contribution in [3.63, 3.8) is 0 Å². The molecule has 4 heterocycles. The molecule has 4 fully saturated rings. The number of benzene rings is 5. The van der Waals surface area contributed by atoms with Crippen LogP contribution in [0.5, 0.6) is 0 Å². The highest BCUT2D eigenvalue weighted by Gasteiger charge is 2.55. The van der Waals surface area contributed by atoms with Crippen LogP contribution < -0.4 is 0 Å². The van der Waals surface area contributed by atoms with Gasteiger partial charge in [-0.25, -0.2) is 14.6 Å². The van der Waals surface area contributed by atoms with E-state index in [9.17, 15) is 9.59 Å². The number of nitrogens with one attached hydrogen (secondary N) is 1. The summed E-state index contributed by atoms with van der Waals surface area (Å²) < 4.78 is 44.8. The van der Waals surface area contributed by atoms with Gasteiger partial charge in [-0.2, -0.15) is 8.78 Å². The van der Waals surface area contributed by atoms with E-state index in [2.05, 4.69) is 11.1 Å². The zero-order valence-electron chi connectivity index (χ0n) is 34.6. The first kappa shape index (κ1) is 38.1. The van der Waals surface area contributed by atoms with E-state index in [1.54, 1.807) is 35.4 Å². The molecule has 1 spiro atoms. The number of halogens is 2. The summed E-state index contributed by atoms with van der Waals surface area (Å²) in [5, 5.41) is 0. The third-order valence-corrected chi connectivity index (χ3v) is 14.5. The second kappa shape index (κ2) is 14.5. The average Bonchev–Trinajstić information content (AvgIpc) is 3.97. The van der Waals surface area contributed by atoms with Gasteiger partial charge in [0.05, 0.1) is 29.7 Å². The number of aromatic nitrogens is 2. The number of rotatable bonds is 8. The van der Waals surface area contributed by atoms with Gasteiger partial charge < -0.3 is 14.5 Å². The molecule has 1 unspecified atom stereocenters. The molecule has 3 aliphatic carbocycles. The fourth-order valence-corrected chi connectivity index (χ4v) is 11.1. The van der Waals surface area contributed by atoms with E-state index in [0.717, 1.165) is 72.2 Å². The fourth-order valence-electron chi connectivity index (χ4n) is 11.1. The quantitative estimate of drug-likeness (QED) is 0.164. The largest absolute Gasteiger partial charge is 0.445 e. The van der Waals surface area contributed by atoms with Crippen LogP contribution in [0.1, 0.15) is 78.2 Å².